The summed E-state index contributed by atoms with van der Waals surface area (Å²) in [5, 5.41) is 4.58. The maximum absolute atomic E-state index is 13.1. The lowest BCUT2D eigenvalue weighted by Crippen LogP contribution is -2.39. The molecule has 1 fully saturated rings. The van der Waals surface area contributed by atoms with Crippen molar-refractivity contribution in [2.75, 3.05) is 34.4 Å². The number of halogens is 1. The van der Waals surface area contributed by atoms with E-state index in [2.05, 4.69) is 10.1 Å². The molecular formula is C22H24ClN3O6S. The Morgan fingerprint density at radius 3 is 2.33 bits per heavy atom. The van der Waals surface area contributed by atoms with Crippen LogP contribution in [0.2, 0.25) is 5.02 Å². The van der Waals surface area contributed by atoms with E-state index in [1.165, 1.54) is 37.8 Å². The van der Waals surface area contributed by atoms with Gasteiger partial charge in [0.15, 0.2) is 11.5 Å². The topological polar surface area (TPSA) is 104 Å². The van der Waals surface area contributed by atoms with E-state index in [1.54, 1.807) is 24.3 Å². The molecule has 0 spiro atoms. The maximum atomic E-state index is 13.1. The van der Waals surface area contributed by atoms with Crippen LogP contribution in [0.15, 0.2) is 45.8 Å². The van der Waals surface area contributed by atoms with Crippen molar-refractivity contribution >= 4 is 21.6 Å². The van der Waals surface area contributed by atoms with Gasteiger partial charge in [-0.1, -0.05) is 16.8 Å². The van der Waals surface area contributed by atoms with Crippen LogP contribution in [0.25, 0.3) is 11.4 Å². The van der Waals surface area contributed by atoms with Crippen molar-refractivity contribution in [3.05, 3.63) is 47.3 Å². The van der Waals surface area contributed by atoms with Crippen LogP contribution < -0.4 is 14.2 Å². The SMILES string of the molecule is COc1cc(-c2noc(C3CCCN(S(=O)(=O)c4ccc(Cl)cc4)C3)n2)cc(OC)c1OC. The average Bonchev–Trinajstić information content (AvgIpc) is 3.34. The van der Waals surface area contributed by atoms with Gasteiger partial charge in [0, 0.05) is 23.7 Å². The van der Waals surface area contributed by atoms with Gasteiger partial charge in [0.1, 0.15) is 0 Å². The molecule has 2 heterocycles. The van der Waals surface area contributed by atoms with Crippen LogP contribution in [-0.4, -0.2) is 57.3 Å². The normalized spacial score (nSPS) is 17.0. The highest BCUT2D eigenvalue weighted by atomic mass is 35.5. The van der Waals surface area contributed by atoms with E-state index in [-0.39, 0.29) is 17.4 Å². The van der Waals surface area contributed by atoms with Crippen LogP contribution in [0.1, 0.15) is 24.7 Å². The molecule has 3 aromatic rings. The molecular weight excluding hydrogens is 470 g/mol. The van der Waals surface area contributed by atoms with Crippen molar-refractivity contribution in [3.8, 4) is 28.6 Å². The number of piperidine rings is 1. The Labute approximate surface area is 197 Å². The molecule has 1 atom stereocenters. The third-order valence-electron chi connectivity index (χ3n) is 5.55. The first-order valence-electron chi connectivity index (χ1n) is 10.3. The van der Waals surface area contributed by atoms with Crippen LogP contribution in [0.4, 0.5) is 0 Å². The third kappa shape index (κ3) is 4.64. The van der Waals surface area contributed by atoms with E-state index in [0.717, 1.165) is 6.42 Å². The Balaban J connectivity index is 1.58. The quantitative estimate of drug-likeness (QED) is 0.486. The predicted octanol–water partition coefficient (Wildman–Crippen LogP) is 3.98. The molecule has 33 heavy (non-hydrogen) atoms. The van der Waals surface area contributed by atoms with Gasteiger partial charge in [0.25, 0.3) is 0 Å². The van der Waals surface area contributed by atoms with Crippen LogP contribution in [-0.2, 0) is 10.0 Å². The molecule has 1 aliphatic rings. The summed E-state index contributed by atoms with van der Waals surface area (Å²) in [7, 11) is 0.931. The molecule has 4 rings (SSSR count). The Morgan fingerprint density at radius 1 is 1.06 bits per heavy atom. The molecule has 176 valence electrons. The first kappa shape index (κ1) is 23.3. The van der Waals surface area contributed by atoms with Crippen molar-refractivity contribution in [1.29, 1.82) is 0 Å². The summed E-state index contributed by atoms with van der Waals surface area (Å²) in [6.07, 6.45) is 1.42. The molecule has 0 bridgehead atoms. The Kier molecular flexibility index (Phi) is 6.78. The lowest BCUT2D eigenvalue weighted by molar-refractivity contribution is 0.265. The number of ether oxygens (including phenoxy) is 3. The minimum absolute atomic E-state index is 0.205. The molecule has 0 amide bonds. The smallest absolute Gasteiger partial charge is 0.243 e. The highest BCUT2D eigenvalue weighted by Gasteiger charge is 2.33. The summed E-state index contributed by atoms with van der Waals surface area (Å²) < 4.78 is 49.3. The van der Waals surface area contributed by atoms with Gasteiger partial charge in [-0.3, -0.25) is 0 Å². The summed E-state index contributed by atoms with van der Waals surface area (Å²) in [5.74, 6) is 1.91. The molecule has 1 unspecified atom stereocenters. The van der Waals surface area contributed by atoms with E-state index in [0.29, 0.717) is 52.5 Å². The summed E-state index contributed by atoms with van der Waals surface area (Å²) in [6, 6.07) is 9.62. The maximum Gasteiger partial charge on any atom is 0.243 e. The van der Waals surface area contributed by atoms with Crippen molar-refractivity contribution in [2.24, 2.45) is 0 Å². The van der Waals surface area contributed by atoms with Crippen LogP contribution >= 0.6 is 11.6 Å². The molecule has 2 aromatic carbocycles. The summed E-state index contributed by atoms with van der Waals surface area (Å²) in [6.45, 7) is 0.678. The fourth-order valence-electron chi connectivity index (χ4n) is 3.85. The predicted molar refractivity (Wildman–Crippen MR) is 122 cm³/mol. The largest absolute Gasteiger partial charge is 0.493 e. The summed E-state index contributed by atoms with van der Waals surface area (Å²) in [5.41, 5.74) is 0.626. The summed E-state index contributed by atoms with van der Waals surface area (Å²) >= 11 is 5.90. The fourth-order valence-corrected chi connectivity index (χ4v) is 5.50. The number of aromatic nitrogens is 2. The highest BCUT2D eigenvalue weighted by Crippen LogP contribution is 2.41. The molecule has 1 aliphatic heterocycles. The molecule has 1 aromatic heterocycles. The second-order valence-electron chi connectivity index (χ2n) is 7.53. The second kappa shape index (κ2) is 9.58. The first-order chi connectivity index (χ1) is 15.9. The Bertz CT molecular complexity index is 1200. The van der Waals surface area contributed by atoms with E-state index in [9.17, 15) is 8.42 Å². The number of benzene rings is 2. The number of nitrogens with zero attached hydrogens (tertiary/aromatic N) is 3. The molecule has 0 N–H and O–H groups in total. The van der Waals surface area contributed by atoms with Crippen LogP contribution in [0, 0.1) is 0 Å². The van der Waals surface area contributed by atoms with Gasteiger partial charge in [-0.2, -0.15) is 9.29 Å². The monoisotopic (exact) mass is 493 g/mol. The first-order valence-corrected chi connectivity index (χ1v) is 12.1. The fraction of sp³-hybridized carbons (Fsp3) is 0.364. The van der Waals surface area contributed by atoms with Crippen molar-refractivity contribution in [1.82, 2.24) is 14.4 Å². The summed E-state index contributed by atoms with van der Waals surface area (Å²) in [4.78, 5) is 4.75. The standard InChI is InChI=1S/C22H24ClN3O6S/c1-29-18-11-15(12-19(30-2)20(18)31-3)21-24-22(32-25-21)14-5-4-10-26(13-14)33(27,28)17-8-6-16(23)7-9-17/h6-9,11-12,14H,4-5,10,13H2,1-3H3. The minimum Gasteiger partial charge on any atom is -0.493 e. The molecule has 0 aliphatic carbocycles. The molecule has 9 nitrogen and oxygen atoms in total. The zero-order chi connectivity index (χ0) is 23.6. The lowest BCUT2D eigenvalue weighted by Gasteiger charge is -2.30. The van der Waals surface area contributed by atoms with Gasteiger partial charge in [-0.05, 0) is 49.2 Å². The van der Waals surface area contributed by atoms with Gasteiger partial charge >= 0.3 is 0 Å². The van der Waals surface area contributed by atoms with Gasteiger partial charge in [-0.15, -0.1) is 0 Å². The van der Waals surface area contributed by atoms with Gasteiger partial charge < -0.3 is 18.7 Å². The van der Waals surface area contributed by atoms with Crippen molar-refractivity contribution in [2.45, 2.75) is 23.7 Å². The molecule has 11 heteroatoms. The van der Waals surface area contributed by atoms with E-state index >= 15 is 0 Å². The zero-order valence-corrected chi connectivity index (χ0v) is 20.0. The minimum atomic E-state index is -3.65. The average molecular weight is 494 g/mol. The number of sulfonamides is 1. The molecule has 1 saturated heterocycles. The second-order valence-corrected chi connectivity index (χ2v) is 9.90. The number of rotatable bonds is 7. The zero-order valence-electron chi connectivity index (χ0n) is 18.4. The van der Waals surface area contributed by atoms with Gasteiger partial charge in [-0.25, -0.2) is 8.42 Å². The van der Waals surface area contributed by atoms with Gasteiger partial charge in [0.05, 0.1) is 32.1 Å². The van der Waals surface area contributed by atoms with Crippen molar-refractivity contribution in [3.63, 3.8) is 0 Å². The van der Waals surface area contributed by atoms with E-state index < -0.39 is 10.0 Å². The molecule has 0 radical (unpaired) electrons. The van der Waals surface area contributed by atoms with E-state index in [1.807, 2.05) is 0 Å². The highest BCUT2D eigenvalue weighted by molar-refractivity contribution is 7.89. The van der Waals surface area contributed by atoms with E-state index in [4.69, 9.17) is 30.3 Å². The third-order valence-corrected chi connectivity index (χ3v) is 7.68. The number of hydrogen-bond donors (Lipinski definition) is 0. The van der Waals surface area contributed by atoms with Crippen LogP contribution in [0.5, 0.6) is 17.2 Å². The Hall–Kier alpha value is -2.82. The molecule has 0 saturated carbocycles. The number of hydrogen-bond acceptors (Lipinski definition) is 8. The van der Waals surface area contributed by atoms with Crippen molar-refractivity contribution < 1.29 is 27.2 Å². The van der Waals surface area contributed by atoms with Crippen LogP contribution in [0.3, 0.4) is 0 Å². The van der Waals surface area contributed by atoms with Gasteiger partial charge in [0.2, 0.25) is 27.5 Å². The Morgan fingerprint density at radius 2 is 1.73 bits per heavy atom. The number of methoxy groups -OCH3 is 3. The lowest BCUT2D eigenvalue weighted by atomic mass is 10.00.